The van der Waals surface area contributed by atoms with Crippen molar-refractivity contribution in [2.75, 3.05) is 9.80 Å². The van der Waals surface area contributed by atoms with Crippen LogP contribution in [0.25, 0.3) is 54.6 Å². The summed E-state index contributed by atoms with van der Waals surface area (Å²) in [4.78, 5) is 4.90. The van der Waals surface area contributed by atoms with Crippen LogP contribution in [0.5, 0.6) is 0 Å². The molecule has 0 N–H and O–H groups in total. The molecule has 1 unspecified atom stereocenters. The summed E-state index contributed by atoms with van der Waals surface area (Å²) in [6.07, 6.45) is 0. The fourth-order valence-electron chi connectivity index (χ4n) is 11.0. The molecule has 0 aliphatic heterocycles. The van der Waals surface area contributed by atoms with E-state index in [0.717, 1.165) is 34.1 Å². The number of rotatable bonds is 6. The summed E-state index contributed by atoms with van der Waals surface area (Å²) in [6, 6.07) is 89.7. The Bertz CT molecular complexity index is 3590. The summed E-state index contributed by atoms with van der Waals surface area (Å²) < 4.78 is 0. The molecule has 1 atom stereocenters. The maximum atomic E-state index is 2.49. The second-order valence-electron chi connectivity index (χ2n) is 16.8. The molecule has 2 aliphatic rings. The van der Waals surface area contributed by atoms with Crippen molar-refractivity contribution in [2.24, 2.45) is 0 Å². The van der Waals surface area contributed by atoms with Crippen LogP contribution in [0.4, 0.5) is 34.1 Å². The third kappa shape index (κ3) is 5.25. The van der Waals surface area contributed by atoms with Gasteiger partial charge in [0.25, 0.3) is 0 Å². The number of hydrogen-bond acceptors (Lipinski definition) is 2. The standard InChI is InChI=1S/C61H40N2/c1-3-19-45(20-4-1)62(47-34-32-41-16-7-8-18-44(41)38-47)49-36-37-52-51-24-11-13-26-55(51)61(58(52)40-49)56-27-14-12-25-53(56)60-57(61)28-15-29-59(60)63(46-21-5-2-6-22-46)48-35-33-43-31-30-42-17-9-10-23-50(42)54(43)39-48/h1-40H. The lowest BCUT2D eigenvalue weighted by molar-refractivity contribution is 0.793. The lowest BCUT2D eigenvalue weighted by Crippen LogP contribution is -2.26. The predicted octanol–water partition coefficient (Wildman–Crippen LogP) is 16.4. The number of para-hydroxylation sites is 2. The highest BCUT2D eigenvalue weighted by Crippen LogP contribution is 2.65. The van der Waals surface area contributed by atoms with E-state index in [1.54, 1.807) is 0 Å². The quantitative estimate of drug-likeness (QED) is 0.155. The fourth-order valence-corrected chi connectivity index (χ4v) is 11.0. The molecule has 13 rings (SSSR count). The first kappa shape index (κ1) is 35.5. The summed E-state index contributed by atoms with van der Waals surface area (Å²) >= 11 is 0. The van der Waals surface area contributed by atoms with Gasteiger partial charge in [0.1, 0.15) is 0 Å². The van der Waals surface area contributed by atoms with Crippen LogP contribution in [0.2, 0.25) is 0 Å². The van der Waals surface area contributed by atoms with Crippen molar-refractivity contribution >= 4 is 66.4 Å². The van der Waals surface area contributed by atoms with E-state index in [1.807, 2.05) is 0 Å². The van der Waals surface area contributed by atoms with Gasteiger partial charge >= 0.3 is 0 Å². The Kier molecular flexibility index (Phi) is 7.85. The Morgan fingerprint density at radius 2 is 0.762 bits per heavy atom. The molecule has 0 radical (unpaired) electrons. The molecule has 1 spiro atoms. The fraction of sp³-hybridized carbons (Fsp3) is 0.0164. The Morgan fingerprint density at radius 1 is 0.254 bits per heavy atom. The molecular formula is C61H40N2. The molecule has 0 amide bonds. The predicted molar refractivity (Wildman–Crippen MR) is 265 cm³/mol. The molecule has 0 aromatic heterocycles. The van der Waals surface area contributed by atoms with Crippen molar-refractivity contribution in [1.82, 2.24) is 0 Å². The van der Waals surface area contributed by atoms with Crippen LogP contribution in [0.1, 0.15) is 22.3 Å². The van der Waals surface area contributed by atoms with E-state index in [2.05, 4.69) is 252 Å². The smallest absolute Gasteiger partial charge is 0.0727 e. The van der Waals surface area contributed by atoms with Crippen LogP contribution in [-0.2, 0) is 5.41 Å². The third-order valence-electron chi connectivity index (χ3n) is 13.6. The first-order chi connectivity index (χ1) is 31.3. The van der Waals surface area contributed by atoms with Crippen LogP contribution in [0, 0.1) is 0 Å². The van der Waals surface area contributed by atoms with Crippen molar-refractivity contribution in [3.63, 3.8) is 0 Å². The second-order valence-corrected chi connectivity index (χ2v) is 16.8. The van der Waals surface area contributed by atoms with E-state index in [1.165, 1.54) is 76.8 Å². The second kappa shape index (κ2) is 13.9. The molecule has 63 heavy (non-hydrogen) atoms. The van der Waals surface area contributed by atoms with Crippen molar-refractivity contribution < 1.29 is 0 Å². The van der Waals surface area contributed by atoms with Crippen LogP contribution >= 0.6 is 0 Å². The highest BCUT2D eigenvalue weighted by Gasteiger charge is 2.52. The van der Waals surface area contributed by atoms with E-state index in [-0.39, 0.29) is 0 Å². The number of fused-ring (bicyclic) bond motifs is 14. The number of benzene rings is 11. The lowest BCUT2D eigenvalue weighted by Gasteiger charge is -2.33. The highest BCUT2D eigenvalue weighted by molar-refractivity contribution is 6.10. The number of nitrogens with zero attached hydrogens (tertiary/aromatic N) is 2. The average Bonchev–Trinajstić information content (AvgIpc) is 3.82. The molecule has 0 fully saturated rings. The van der Waals surface area contributed by atoms with Gasteiger partial charge in [0, 0.05) is 34.0 Å². The maximum absolute atomic E-state index is 2.49. The summed E-state index contributed by atoms with van der Waals surface area (Å²) in [5.41, 5.74) is 16.5. The summed E-state index contributed by atoms with van der Waals surface area (Å²) in [6.45, 7) is 0. The van der Waals surface area contributed by atoms with Crippen LogP contribution in [0.3, 0.4) is 0 Å². The van der Waals surface area contributed by atoms with Crippen molar-refractivity contribution in [3.05, 3.63) is 265 Å². The van der Waals surface area contributed by atoms with Gasteiger partial charge in [0.2, 0.25) is 0 Å². The van der Waals surface area contributed by atoms with Crippen molar-refractivity contribution in [3.8, 4) is 22.3 Å². The minimum atomic E-state index is -0.558. The molecule has 294 valence electrons. The van der Waals surface area contributed by atoms with Gasteiger partial charge in [-0.3, -0.25) is 0 Å². The molecule has 0 heterocycles. The Labute approximate surface area is 367 Å². The zero-order valence-electron chi connectivity index (χ0n) is 34.5. The topological polar surface area (TPSA) is 6.48 Å². The van der Waals surface area contributed by atoms with E-state index >= 15 is 0 Å². The molecule has 2 heteroatoms. The van der Waals surface area contributed by atoms with Crippen LogP contribution in [-0.4, -0.2) is 0 Å². The Balaban J connectivity index is 1.07. The van der Waals surface area contributed by atoms with Crippen molar-refractivity contribution in [1.29, 1.82) is 0 Å². The van der Waals surface area contributed by atoms with Gasteiger partial charge in [-0.2, -0.15) is 0 Å². The molecule has 0 saturated heterocycles. The maximum Gasteiger partial charge on any atom is 0.0727 e. The minimum absolute atomic E-state index is 0.558. The first-order valence-electron chi connectivity index (χ1n) is 21.8. The first-order valence-corrected chi connectivity index (χ1v) is 21.8. The summed E-state index contributed by atoms with van der Waals surface area (Å²) in [5, 5.41) is 7.43. The highest BCUT2D eigenvalue weighted by atomic mass is 15.1. The monoisotopic (exact) mass is 800 g/mol. The van der Waals surface area contributed by atoms with Gasteiger partial charge in [-0.15, -0.1) is 0 Å². The zero-order valence-corrected chi connectivity index (χ0v) is 34.5. The van der Waals surface area contributed by atoms with Gasteiger partial charge < -0.3 is 9.80 Å². The number of anilines is 6. The molecular weight excluding hydrogens is 761 g/mol. The summed E-state index contributed by atoms with van der Waals surface area (Å²) in [5.74, 6) is 0. The van der Waals surface area contributed by atoms with E-state index in [4.69, 9.17) is 0 Å². The normalized spacial score (nSPS) is 14.4. The average molecular weight is 801 g/mol. The van der Waals surface area contributed by atoms with E-state index < -0.39 is 5.41 Å². The van der Waals surface area contributed by atoms with Crippen LogP contribution in [0.15, 0.2) is 243 Å². The van der Waals surface area contributed by atoms with Crippen LogP contribution < -0.4 is 9.80 Å². The molecule has 11 aromatic carbocycles. The Hall–Kier alpha value is -8.20. The largest absolute Gasteiger partial charge is 0.310 e. The van der Waals surface area contributed by atoms with Gasteiger partial charge in [-0.1, -0.05) is 176 Å². The zero-order chi connectivity index (χ0) is 41.5. The van der Waals surface area contributed by atoms with E-state index in [9.17, 15) is 0 Å². The van der Waals surface area contributed by atoms with Gasteiger partial charge in [-0.25, -0.2) is 0 Å². The van der Waals surface area contributed by atoms with Gasteiger partial charge in [-0.05, 0) is 138 Å². The van der Waals surface area contributed by atoms with Crippen molar-refractivity contribution in [2.45, 2.75) is 5.41 Å². The van der Waals surface area contributed by atoms with Gasteiger partial charge in [0.15, 0.2) is 0 Å². The molecule has 2 nitrogen and oxygen atoms in total. The molecule has 2 aliphatic carbocycles. The van der Waals surface area contributed by atoms with Gasteiger partial charge in [0.05, 0.1) is 11.1 Å². The minimum Gasteiger partial charge on any atom is -0.310 e. The van der Waals surface area contributed by atoms with E-state index in [0.29, 0.717) is 0 Å². The summed E-state index contributed by atoms with van der Waals surface area (Å²) in [7, 11) is 0. The number of hydrogen-bond donors (Lipinski definition) is 0. The Morgan fingerprint density at radius 3 is 1.54 bits per heavy atom. The molecule has 11 aromatic rings. The lowest BCUT2D eigenvalue weighted by atomic mass is 9.70. The molecule has 0 saturated carbocycles. The molecule has 0 bridgehead atoms. The SMILES string of the molecule is c1ccc(N(c2ccc3c(c2)C2(c4ccccc4-3)c3ccccc3-c3c(N(c4ccccc4)c4ccc5ccc6ccccc6c5c4)cccc32)c2ccc3ccccc3c2)cc1. The third-order valence-corrected chi connectivity index (χ3v) is 13.6.